The summed E-state index contributed by atoms with van der Waals surface area (Å²) >= 11 is 0. The quantitative estimate of drug-likeness (QED) is 0.226. The summed E-state index contributed by atoms with van der Waals surface area (Å²) in [4.78, 5) is 0. The zero-order chi connectivity index (χ0) is 33.3. The molecule has 3 aliphatic rings. The number of phenols is 2. The van der Waals surface area contributed by atoms with E-state index < -0.39 is 0 Å². The third-order valence-electron chi connectivity index (χ3n) is 8.99. The molecular formula is C39H61KO5. The molecule has 3 unspecified atom stereocenters. The second-order valence-electron chi connectivity index (χ2n) is 12.6. The molecule has 0 amide bonds. The van der Waals surface area contributed by atoms with Gasteiger partial charge in [0.1, 0.15) is 11.5 Å². The van der Waals surface area contributed by atoms with E-state index in [0.29, 0.717) is 48.4 Å². The van der Waals surface area contributed by atoms with Crippen LogP contribution < -0.4 is 56.5 Å². The smallest absolute Gasteiger partial charge is 0.853 e. The Balaban J connectivity index is 0.000000900. The van der Waals surface area contributed by atoms with Crippen molar-refractivity contribution in [3.63, 3.8) is 0 Å². The average Bonchev–Trinajstić information content (AvgIpc) is 3.30. The molecule has 248 valence electrons. The first-order valence-electron chi connectivity index (χ1n) is 16.6. The fourth-order valence-electron chi connectivity index (χ4n) is 6.92. The van der Waals surface area contributed by atoms with E-state index in [4.69, 9.17) is 0 Å². The van der Waals surface area contributed by atoms with Crippen LogP contribution >= 0.6 is 0 Å². The minimum atomic E-state index is -0.218. The largest absolute Gasteiger partial charge is 1.00 e. The first kappa shape index (κ1) is 44.0. The Morgan fingerprint density at radius 2 is 1.56 bits per heavy atom. The second-order valence-corrected chi connectivity index (χ2v) is 12.6. The summed E-state index contributed by atoms with van der Waals surface area (Å²) in [6.07, 6.45) is 10.0. The molecule has 2 saturated carbocycles. The third kappa shape index (κ3) is 13.2. The molecule has 0 radical (unpaired) electrons. The number of ether oxygens (including phenoxy) is 1. The normalized spacial score (nSPS) is 25.1. The van der Waals surface area contributed by atoms with Crippen LogP contribution in [0.15, 0.2) is 66.8 Å². The summed E-state index contributed by atoms with van der Waals surface area (Å²) in [5.41, 5.74) is 5.26. The number of hydrogen-bond acceptors (Lipinski definition) is 5. The maximum absolute atomic E-state index is 10.8. The second kappa shape index (κ2) is 23.4. The zero-order valence-corrected chi connectivity index (χ0v) is 32.9. The van der Waals surface area contributed by atoms with Crippen molar-refractivity contribution in [3.8, 4) is 11.5 Å². The maximum Gasteiger partial charge on any atom is 1.00 e. The number of aryl methyl sites for hydroxylation is 1. The molecule has 0 saturated heterocycles. The molecule has 0 aliphatic heterocycles. The van der Waals surface area contributed by atoms with Gasteiger partial charge in [-0.1, -0.05) is 63.1 Å². The van der Waals surface area contributed by atoms with Crippen LogP contribution in [0.4, 0.5) is 0 Å². The molecular weight excluding hydrogens is 588 g/mol. The molecule has 5 nitrogen and oxygen atoms in total. The molecule has 0 bridgehead atoms. The molecule has 0 heterocycles. The molecule has 45 heavy (non-hydrogen) atoms. The maximum atomic E-state index is 10.8. The summed E-state index contributed by atoms with van der Waals surface area (Å²) in [5, 5.41) is 40.1. The summed E-state index contributed by atoms with van der Waals surface area (Å²) < 4.78 is 4.67. The van der Waals surface area contributed by atoms with Gasteiger partial charge in [-0.05, 0) is 137 Å². The van der Waals surface area contributed by atoms with Crippen LogP contribution in [0.3, 0.4) is 0 Å². The number of aliphatic hydroxyl groups is 1. The van der Waals surface area contributed by atoms with Crippen LogP contribution in [0.5, 0.6) is 11.5 Å². The third-order valence-corrected chi connectivity index (χ3v) is 8.99. The summed E-state index contributed by atoms with van der Waals surface area (Å²) in [6.45, 7) is 20.8. The van der Waals surface area contributed by atoms with Gasteiger partial charge in [0.05, 0.1) is 6.10 Å². The Morgan fingerprint density at radius 1 is 1.00 bits per heavy atom. The van der Waals surface area contributed by atoms with Crippen molar-refractivity contribution < 1.29 is 76.5 Å². The van der Waals surface area contributed by atoms with E-state index in [-0.39, 0.29) is 69.5 Å². The van der Waals surface area contributed by atoms with E-state index in [2.05, 4.69) is 70.2 Å². The first-order valence-corrected chi connectivity index (χ1v) is 16.6. The summed E-state index contributed by atoms with van der Waals surface area (Å²) in [5.74, 6) is 2.52. The number of allylic oxidation sites excluding steroid dienone is 3. The predicted octanol–water partition coefficient (Wildman–Crippen LogP) is 5.68. The van der Waals surface area contributed by atoms with E-state index >= 15 is 0 Å². The number of aromatic hydroxyl groups is 2. The summed E-state index contributed by atoms with van der Waals surface area (Å²) in [6, 6.07) is 13.6. The van der Waals surface area contributed by atoms with Crippen molar-refractivity contribution >= 4 is 0 Å². The summed E-state index contributed by atoms with van der Waals surface area (Å²) in [7, 11) is 0. The van der Waals surface area contributed by atoms with Gasteiger partial charge in [0.25, 0.3) is 0 Å². The molecule has 3 aliphatic carbocycles. The monoisotopic (exact) mass is 648 g/mol. The Kier molecular flexibility index (Phi) is 22.9. The van der Waals surface area contributed by atoms with Crippen molar-refractivity contribution in [2.24, 2.45) is 17.3 Å². The van der Waals surface area contributed by atoms with Crippen LogP contribution in [0.1, 0.15) is 116 Å². The molecule has 2 fully saturated rings. The Labute approximate surface area is 317 Å². The van der Waals surface area contributed by atoms with Gasteiger partial charge in [0.15, 0.2) is 0 Å². The molecule has 2 aromatic rings. The molecule has 3 N–H and O–H groups in total. The molecule has 6 atom stereocenters. The molecule has 6 heteroatoms. The van der Waals surface area contributed by atoms with E-state index in [1.54, 1.807) is 18.2 Å². The molecule has 5 rings (SSSR count). The zero-order valence-electron chi connectivity index (χ0n) is 29.8. The minimum absolute atomic E-state index is 0. The number of phenolic OH excluding ortho intramolecular Hbond substituents is 2. The molecule has 0 aromatic heterocycles. The Morgan fingerprint density at radius 3 is 2.04 bits per heavy atom. The standard InChI is InChI=1S/C24H28O3.C5H10.C4H9O2.C3H8.C3H6.K/c1-24-13-20(14-2-5-16(25)6-3-14)23-18-9-7-17(26)12-15(18)4-8-19(23)21(24)10-11-22(24)27;1-4-5(2)3;1-2-6-4-3-5;2*1-3-2;/h2-3,5-7,9,12,19-23,25-27H,4,8,10-11,13H2,1H3;4H,1-3H3;2-4H2,1H3;3H2,1-2H3;3H,1H2,2H3;/q;;-1;;;+1/t19?,20-,21?,22+,23?,24+;;;;;/m1...../s1. The van der Waals surface area contributed by atoms with Crippen LogP contribution in [-0.2, 0) is 11.2 Å². The Bertz CT molecular complexity index is 1110. The van der Waals surface area contributed by atoms with Crippen molar-refractivity contribution in [2.75, 3.05) is 19.8 Å². The predicted molar refractivity (Wildman–Crippen MR) is 183 cm³/mol. The van der Waals surface area contributed by atoms with Gasteiger partial charge in [0, 0.05) is 13.2 Å². The van der Waals surface area contributed by atoms with E-state index in [9.17, 15) is 20.4 Å². The van der Waals surface area contributed by atoms with Gasteiger partial charge >= 0.3 is 51.4 Å². The number of fused-ring (bicyclic) bond motifs is 5. The van der Waals surface area contributed by atoms with E-state index in [1.807, 2.05) is 32.9 Å². The van der Waals surface area contributed by atoms with Crippen molar-refractivity contribution in [3.05, 3.63) is 83.5 Å². The van der Waals surface area contributed by atoms with Gasteiger partial charge < -0.3 is 25.2 Å². The first-order chi connectivity index (χ1) is 21.0. The van der Waals surface area contributed by atoms with Gasteiger partial charge in [-0.3, -0.25) is 0 Å². The molecule has 2 aromatic carbocycles. The number of rotatable bonds is 4. The minimum Gasteiger partial charge on any atom is -0.853 e. The fraction of sp³-hybridized carbons (Fsp3) is 0.590. The van der Waals surface area contributed by atoms with E-state index in [1.165, 1.54) is 28.7 Å². The van der Waals surface area contributed by atoms with Gasteiger partial charge in [-0.2, -0.15) is 0 Å². The fourth-order valence-corrected chi connectivity index (χ4v) is 6.92. The van der Waals surface area contributed by atoms with Crippen molar-refractivity contribution in [2.45, 2.75) is 112 Å². The number of benzene rings is 2. The number of aliphatic hydroxyl groups excluding tert-OH is 1. The average molecular weight is 649 g/mol. The van der Waals surface area contributed by atoms with E-state index in [0.717, 1.165) is 32.1 Å². The van der Waals surface area contributed by atoms with Crippen LogP contribution in [0.25, 0.3) is 0 Å². The SMILES string of the molecule is C=CC.CC=C(C)C.CCC.CCOCC[O-].C[C@]12C[C@H](c3ccc(O)cc3)C3c4ccc(O)cc4CCC3C1CC[C@@H]2O.[K+]. The van der Waals surface area contributed by atoms with Gasteiger partial charge in [0.2, 0.25) is 0 Å². The van der Waals surface area contributed by atoms with Crippen LogP contribution in [-0.4, -0.2) is 41.2 Å². The van der Waals surface area contributed by atoms with Crippen LogP contribution in [0.2, 0.25) is 0 Å². The Hall–Kier alpha value is -0.964. The van der Waals surface area contributed by atoms with Gasteiger partial charge in [-0.15, -0.1) is 13.2 Å². The van der Waals surface area contributed by atoms with Crippen molar-refractivity contribution in [1.29, 1.82) is 0 Å². The number of hydrogen-bond donors (Lipinski definition) is 3. The topological polar surface area (TPSA) is 93.0 Å². The van der Waals surface area contributed by atoms with Crippen molar-refractivity contribution in [1.82, 2.24) is 0 Å². The molecule has 0 spiro atoms. The van der Waals surface area contributed by atoms with Gasteiger partial charge in [-0.25, -0.2) is 0 Å². The van der Waals surface area contributed by atoms with Crippen LogP contribution in [0, 0.1) is 17.3 Å².